The van der Waals surface area contributed by atoms with E-state index in [2.05, 4.69) is 10.3 Å². The van der Waals surface area contributed by atoms with Crippen molar-refractivity contribution in [3.05, 3.63) is 52.1 Å². The minimum atomic E-state index is -0.179. The highest BCUT2D eigenvalue weighted by atomic mass is 35.5. The van der Waals surface area contributed by atoms with E-state index in [0.717, 1.165) is 12.8 Å². The van der Waals surface area contributed by atoms with Gasteiger partial charge in [-0.25, -0.2) is 4.98 Å². The Morgan fingerprint density at radius 1 is 1.22 bits per heavy atom. The van der Waals surface area contributed by atoms with Crippen LogP contribution in [0.1, 0.15) is 23.2 Å². The molecular formula is C16H17Cl2N3O2. The molecule has 0 atom stereocenters. The van der Waals surface area contributed by atoms with E-state index in [4.69, 9.17) is 33.7 Å². The molecule has 1 aromatic carbocycles. The average molecular weight is 354 g/mol. The fourth-order valence-corrected chi connectivity index (χ4v) is 2.15. The summed E-state index contributed by atoms with van der Waals surface area (Å²) in [6.07, 6.45) is 3.18. The Balaban J connectivity index is 1.96. The van der Waals surface area contributed by atoms with Gasteiger partial charge >= 0.3 is 0 Å². The third-order valence-electron chi connectivity index (χ3n) is 3.05. The number of aromatic nitrogens is 1. The number of carbonyl (C=O) groups is 1. The van der Waals surface area contributed by atoms with E-state index in [0.29, 0.717) is 40.3 Å². The SMILES string of the molecule is NCCCCNC(=O)c1ccc(Oc2cccc(Cl)c2Cl)nc1. The summed E-state index contributed by atoms with van der Waals surface area (Å²) in [6, 6.07) is 8.33. The Bertz CT molecular complexity index is 663. The van der Waals surface area contributed by atoms with Crippen molar-refractivity contribution >= 4 is 29.1 Å². The Morgan fingerprint density at radius 3 is 2.74 bits per heavy atom. The maximum Gasteiger partial charge on any atom is 0.252 e. The van der Waals surface area contributed by atoms with Crippen LogP contribution in [-0.4, -0.2) is 24.0 Å². The van der Waals surface area contributed by atoms with E-state index in [9.17, 15) is 4.79 Å². The molecule has 1 aromatic heterocycles. The maximum atomic E-state index is 11.9. The van der Waals surface area contributed by atoms with Gasteiger partial charge in [0.25, 0.3) is 5.91 Å². The van der Waals surface area contributed by atoms with Crippen molar-refractivity contribution in [1.29, 1.82) is 0 Å². The van der Waals surface area contributed by atoms with E-state index in [-0.39, 0.29) is 5.91 Å². The quantitative estimate of drug-likeness (QED) is 0.744. The smallest absolute Gasteiger partial charge is 0.252 e. The minimum Gasteiger partial charge on any atom is -0.437 e. The van der Waals surface area contributed by atoms with Crippen LogP contribution in [-0.2, 0) is 0 Å². The highest BCUT2D eigenvalue weighted by molar-refractivity contribution is 6.42. The molecule has 2 aromatic rings. The molecule has 0 spiro atoms. The van der Waals surface area contributed by atoms with E-state index >= 15 is 0 Å². The molecule has 0 unspecified atom stereocenters. The number of nitrogens with zero attached hydrogens (tertiary/aromatic N) is 1. The van der Waals surface area contributed by atoms with Crippen LogP contribution in [0.25, 0.3) is 0 Å². The van der Waals surface area contributed by atoms with Crippen molar-refractivity contribution < 1.29 is 9.53 Å². The highest BCUT2D eigenvalue weighted by Gasteiger charge is 2.09. The number of benzene rings is 1. The lowest BCUT2D eigenvalue weighted by molar-refractivity contribution is 0.0952. The normalized spacial score (nSPS) is 10.4. The third-order valence-corrected chi connectivity index (χ3v) is 3.85. The van der Waals surface area contributed by atoms with Crippen molar-refractivity contribution in [1.82, 2.24) is 10.3 Å². The Hall–Kier alpha value is -1.82. The zero-order valence-electron chi connectivity index (χ0n) is 12.4. The molecule has 0 radical (unpaired) electrons. The third kappa shape index (κ3) is 5.10. The van der Waals surface area contributed by atoms with Crippen LogP contribution in [0, 0.1) is 0 Å². The first-order chi connectivity index (χ1) is 11.1. The molecule has 2 rings (SSSR count). The van der Waals surface area contributed by atoms with Gasteiger partial charge in [-0.1, -0.05) is 29.3 Å². The second-order valence-corrected chi connectivity index (χ2v) is 5.58. The molecule has 3 N–H and O–H groups in total. The standard InChI is InChI=1S/C16H17Cl2N3O2/c17-12-4-3-5-13(15(12)18)23-14-7-6-11(10-21-14)16(22)20-9-2-1-8-19/h3-7,10H,1-2,8-9,19H2,(H,20,22). The molecule has 0 aliphatic carbocycles. The Morgan fingerprint density at radius 2 is 2.04 bits per heavy atom. The summed E-state index contributed by atoms with van der Waals surface area (Å²) in [7, 11) is 0. The van der Waals surface area contributed by atoms with E-state index < -0.39 is 0 Å². The number of nitrogens with one attached hydrogen (secondary N) is 1. The van der Waals surface area contributed by atoms with E-state index in [1.807, 2.05) is 0 Å². The number of amides is 1. The van der Waals surface area contributed by atoms with Gasteiger partial charge in [-0.05, 0) is 37.6 Å². The second-order valence-electron chi connectivity index (χ2n) is 4.79. The molecule has 7 heteroatoms. The number of hydrogen-bond acceptors (Lipinski definition) is 4. The lowest BCUT2D eigenvalue weighted by atomic mass is 10.2. The number of pyridine rings is 1. The monoisotopic (exact) mass is 353 g/mol. The van der Waals surface area contributed by atoms with Gasteiger partial charge < -0.3 is 15.8 Å². The Labute approximate surface area is 144 Å². The molecule has 0 fully saturated rings. The van der Waals surface area contributed by atoms with E-state index in [1.165, 1.54) is 6.20 Å². The van der Waals surface area contributed by atoms with Crippen LogP contribution in [0.15, 0.2) is 36.5 Å². The van der Waals surface area contributed by atoms with Crippen LogP contribution in [0.2, 0.25) is 10.0 Å². The van der Waals surface area contributed by atoms with E-state index in [1.54, 1.807) is 30.3 Å². The molecule has 1 amide bonds. The summed E-state index contributed by atoms with van der Waals surface area (Å²) in [5.74, 6) is 0.557. The molecule has 0 bridgehead atoms. The highest BCUT2D eigenvalue weighted by Crippen LogP contribution is 2.33. The zero-order chi connectivity index (χ0) is 16.7. The molecule has 0 aliphatic rings. The molecule has 23 heavy (non-hydrogen) atoms. The molecule has 1 heterocycles. The number of unbranched alkanes of at least 4 members (excludes halogenated alkanes) is 1. The van der Waals surface area contributed by atoms with Crippen LogP contribution >= 0.6 is 23.2 Å². The number of rotatable bonds is 7. The van der Waals surface area contributed by atoms with Crippen molar-refractivity contribution in [2.24, 2.45) is 5.73 Å². The van der Waals surface area contributed by atoms with Crippen LogP contribution < -0.4 is 15.8 Å². The van der Waals surface area contributed by atoms with Crippen LogP contribution in [0.5, 0.6) is 11.6 Å². The van der Waals surface area contributed by atoms with Gasteiger partial charge in [0.15, 0.2) is 0 Å². The lowest BCUT2D eigenvalue weighted by Gasteiger charge is -2.08. The summed E-state index contributed by atoms with van der Waals surface area (Å²) < 4.78 is 5.56. The number of ether oxygens (including phenoxy) is 1. The number of carbonyl (C=O) groups excluding carboxylic acids is 1. The second kappa shape index (κ2) is 8.72. The number of nitrogens with two attached hydrogens (primary N) is 1. The molecular weight excluding hydrogens is 337 g/mol. The summed E-state index contributed by atoms with van der Waals surface area (Å²) in [6.45, 7) is 1.21. The summed E-state index contributed by atoms with van der Waals surface area (Å²) >= 11 is 12.0. The predicted molar refractivity (Wildman–Crippen MR) is 91.4 cm³/mol. The van der Waals surface area contributed by atoms with Crippen LogP contribution in [0.4, 0.5) is 0 Å². The molecule has 0 saturated heterocycles. The van der Waals surface area contributed by atoms with Crippen LogP contribution in [0.3, 0.4) is 0 Å². The van der Waals surface area contributed by atoms with Gasteiger partial charge in [0.2, 0.25) is 5.88 Å². The van der Waals surface area contributed by atoms with Gasteiger partial charge in [0.1, 0.15) is 10.8 Å². The van der Waals surface area contributed by atoms with Gasteiger partial charge in [-0.15, -0.1) is 0 Å². The predicted octanol–water partition coefficient (Wildman–Crippen LogP) is 3.65. The van der Waals surface area contributed by atoms with Crippen molar-refractivity contribution in [2.45, 2.75) is 12.8 Å². The summed E-state index contributed by atoms with van der Waals surface area (Å²) in [5, 5.41) is 3.52. The average Bonchev–Trinajstić information content (AvgIpc) is 2.56. The van der Waals surface area contributed by atoms with Gasteiger partial charge in [0.05, 0.1) is 10.6 Å². The Kier molecular flexibility index (Phi) is 6.65. The maximum absolute atomic E-state index is 11.9. The molecule has 0 aliphatic heterocycles. The van der Waals surface area contributed by atoms with Gasteiger partial charge in [-0.2, -0.15) is 0 Å². The first-order valence-corrected chi connectivity index (χ1v) is 7.93. The van der Waals surface area contributed by atoms with Crippen molar-refractivity contribution in [3.63, 3.8) is 0 Å². The van der Waals surface area contributed by atoms with Crippen molar-refractivity contribution in [2.75, 3.05) is 13.1 Å². The fourth-order valence-electron chi connectivity index (χ4n) is 1.82. The summed E-state index contributed by atoms with van der Waals surface area (Å²) in [5.41, 5.74) is 5.86. The number of hydrogen-bond donors (Lipinski definition) is 2. The first-order valence-electron chi connectivity index (χ1n) is 7.18. The van der Waals surface area contributed by atoms with Crippen molar-refractivity contribution in [3.8, 4) is 11.6 Å². The molecule has 5 nitrogen and oxygen atoms in total. The summed E-state index contributed by atoms with van der Waals surface area (Å²) in [4.78, 5) is 16.0. The fraction of sp³-hybridized carbons (Fsp3) is 0.250. The largest absolute Gasteiger partial charge is 0.437 e. The minimum absolute atomic E-state index is 0.179. The first kappa shape index (κ1) is 17.5. The topological polar surface area (TPSA) is 77.2 Å². The van der Waals surface area contributed by atoms with Gasteiger partial charge in [0, 0.05) is 18.8 Å². The molecule has 122 valence electrons. The lowest BCUT2D eigenvalue weighted by Crippen LogP contribution is -2.24. The zero-order valence-corrected chi connectivity index (χ0v) is 13.9. The molecule has 0 saturated carbocycles. The number of halogens is 2. The van der Waals surface area contributed by atoms with Gasteiger partial charge in [-0.3, -0.25) is 4.79 Å².